The summed E-state index contributed by atoms with van der Waals surface area (Å²) in [7, 11) is 0. The van der Waals surface area contributed by atoms with Gasteiger partial charge < -0.3 is 9.07 Å². The van der Waals surface area contributed by atoms with Crippen LogP contribution in [0.3, 0.4) is 0 Å². The third-order valence-corrected chi connectivity index (χ3v) is 2.87. The molecule has 6 heteroatoms. The van der Waals surface area contributed by atoms with Crippen molar-refractivity contribution in [3.63, 3.8) is 0 Å². The summed E-state index contributed by atoms with van der Waals surface area (Å²) >= 11 is 0.686. The summed E-state index contributed by atoms with van der Waals surface area (Å²) in [4.78, 5) is 9.13. The van der Waals surface area contributed by atoms with E-state index in [1.165, 1.54) is 0 Å². The Bertz CT molecular complexity index is 529. The lowest BCUT2D eigenvalue weighted by Gasteiger charge is -2.07. The van der Waals surface area contributed by atoms with Crippen LogP contribution in [0.2, 0.25) is 0 Å². The summed E-state index contributed by atoms with van der Waals surface area (Å²) in [5.74, 6) is 1.11. The fourth-order valence-corrected chi connectivity index (χ4v) is 1.84. The highest BCUT2D eigenvalue weighted by atomic mass is 32.2. The first kappa shape index (κ1) is 14.7. The van der Waals surface area contributed by atoms with Crippen LogP contribution in [0.4, 0.5) is 0 Å². The van der Waals surface area contributed by atoms with Crippen LogP contribution in [0.15, 0.2) is 48.5 Å². The second-order valence-corrected chi connectivity index (χ2v) is 4.44. The molecular formula is C14H14O5S. The zero-order valence-electron chi connectivity index (χ0n) is 10.8. The number of benzene rings is 2. The van der Waals surface area contributed by atoms with Crippen molar-refractivity contribution in [3.8, 4) is 11.5 Å². The Kier molecular flexibility index (Phi) is 5.69. The predicted octanol–water partition coefficient (Wildman–Crippen LogP) is 3.94. The van der Waals surface area contributed by atoms with Gasteiger partial charge in [-0.15, -0.1) is 0 Å². The van der Waals surface area contributed by atoms with E-state index < -0.39 is 0 Å². The first-order chi connectivity index (χ1) is 9.79. The average molecular weight is 294 g/mol. The van der Waals surface area contributed by atoms with E-state index in [0.717, 1.165) is 5.56 Å². The third kappa shape index (κ3) is 4.43. The molecule has 20 heavy (non-hydrogen) atoms. The quantitative estimate of drug-likeness (QED) is 0.361. The molecule has 0 amide bonds. The van der Waals surface area contributed by atoms with Crippen molar-refractivity contribution in [3.05, 3.63) is 59.7 Å². The second-order valence-electron chi connectivity index (χ2n) is 4.00. The lowest BCUT2D eigenvalue weighted by atomic mass is 10.2. The Labute approximate surface area is 121 Å². The van der Waals surface area contributed by atoms with E-state index in [4.69, 9.17) is 18.7 Å². The molecular weight excluding hydrogens is 280 g/mol. The molecule has 2 aromatic rings. The van der Waals surface area contributed by atoms with E-state index in [1.807, 2.05) is 25.1 Å². The normalized spacial score (nSPS) is 10.3. The standard InChI is InChI=1S/C14H14O5S/c1-11-6-8-13(9-7-11)17-19-20-18-14-5-3-2-4-12(14)10-16-15/h2-9,15H,10H2,1H3. The molecule has 0 radical (unpaired) electrons. The molecule has 0 heterocycles. The maximum atomic E-state index is 8.47. The number of para-hydroxylation sites is 1. The van der Waals surface area contributed by atoms with Crippen LogP contribution in [-0.2, 0) is 15.8 Å². The Morgan fingerprint density at radius 3 is 2.55 bits per heavy atom. The van der Waals surface area contributed by atoms with Gasteiger partial charge in [-0.1, -0.05) is 40.2 Å². The monoisotopic (exact) mass is 294 g/mol. The molecule has 2 rings (SSSR count). The third-order valence-electron chi connectivity index (χ3n) is 2.50. The Morgan fingerprint density at radius 2 is 1.80 bits per heavy atom. The van der Waals surface area contributed by atoms with Gasteiger partial charge in [0, 0.05) is 5.56 Å². The minimum atomic E-state index is 0.0373. The number of rotatable bonds is 7. The van der Waals surface area contributed by atoms with Crippen molar-refractivity contribution in [2.24, 2.45) is 0 Å². The van der Waals surface area contributed by atoms with Gasteiger partial charge in [-0.2, -0.15) is 0 Å². The second kappa shape index (κ2) is 7.76. The molecule has 2 aromatic carbocycles. The van der Waals surface area contributed by atoms with E-state index in [2.05, 4.69) is 4.89 Å². The summed E-state index contributed by atoms with van der Waals surface area (Å²) in [6.07, 6.45) is 0. The van der Waals surface area contributed by atoms with Crippen molar-refractivity contribution >= 4 is 12.3 Å². The zero-order chi connectivity index (χ0) is 14.2. The largest absolute Gasteiger partial charge is 0.398 e. The van der Waals surface area contributed by atoms with Gasteiger partial charge in [-0.05, 0) is 25.1 Å². The molecule has 5 nitrogen and oxygen atoms in total. The van der Waals surface area contributed by atoms with Gasteiger partial charge in [0.05, 0.1) is 0 Å². The minimum Gasteiger partial charge on any atom is -0.398 e. The molecule has 0 saturated heterocycles. The average Bonchev–Trinajstić information content (AvgIpc) is 2.47. The molecule has 0 fully saturated rings. The SMILES string of the molecule is Cc1ccc(OOSOc2ccccc2COO)cc1. The first-order valence-corrected chi connectivity index (χ1v) is 6.55. The molecule has 0 spiro atoms. The summed E-state index contributed by atoms with van der Waals surface area (Å²) in [6.45, 7) is 2.03. The molecule has 0 aliphatic heterocycles. The van der Waals surface area contributed by atoms with Crippen LogP contribution < -0.4 is 9.07 Å². The molecule has 0 bridgehead atoms. The van der Waals surface area contributed by atoms with Crippen molar-refractivity contribution in [1.82, 2.24) is 0 Å². The molecule has 0 unspecified atom stereocenters. The first-order valence-electron chi connectivity index (χ1n) is 5.88. The summed E-state index contributed by atoms with van der Waals surface area (Å²) in [5.41, 5.74) is 1.83. The number of hydrogen-bond acceptors (Lipinski definition) is 6. The Morgan fingerprint density at radius 1 is 1.05 bits per heavy atom. The van der Waals surface area contributed by atoms with Crippen LogP contribution in [0.25, 0.3) is 0 Å². The molecule has 0 saturated carbocycles. The van der Waals surface area contributed by atoms with Gasteiger partial charge in [0.2, 0.25) is 0 Å². The van der Waals surface area contributed by atoms with Crippen molar-refractivity contribution < 1.29 is 23.5 Å². The minimum absolute atomic E-state index is 0.0373. The highest BCUT2D eigenvalue weighted by molar-refractivity contribution is 7.90. The van der Waals surface area contributed by atoms with Gasteiger partial charge in [0.1, 0.15) is 12.4 Å². The van der Waals surface area contributed by atoms with Crippen LogP contribution in [0.1, 0.15) is 11.1 Å². The molecule has 0 aliphatic carbocycles. The van der Waals surface area contributed by atoms with E-state index >= 15 is 0 Å². The summed E-state index contributed by atoms with van der Waals surface area (Å²) < 4.78 is 10.2. The van der Waals surface area contributed by atoms with Crippen molar-refractivity contribution in [2.45, 2.75) is 13.5 Å². The topological polar surface area (TPSA) is 57.2 Å². The van der Waals surface area contributed by atoms with Crippen LogP contribution in [0.5, 0.6) is 11.5 Å². The lowest BCUT2D eigenvalue weighted by molar-refractivity contribution is -0.253. The van der Waals surface area contributed by atoms with Crippen LogP contribution in [-0.4, -0.2) is 5.26 Å². The smallest absolute Gasteiger partial charge is 0.271 e. The van der Waals surface area contributed by atoms with E-state index in [-0.39, 0.29) is 6.61 Å². The molecule has 0 aromatic heterocycles. The highest BCUT2D eigenvalue weighted by Gasteiger charge is 2.05. The van der Waals surface area contributed by atoms with E-state index in [1.54, 1.807) is 30.3 Å². The fraction of sp³-hybridized carbons (Fsp3) is 0.143. The predicted molar refractivity (Wildman–Crippen MR) is 75.0 cm³/mol. The molecule has 0 atom stereocenters. The van der Waals surface area contributed by atoms with Gasteiger partial charge in [-0.3, -0.25) is 5.26 Å². The maximum absolute atomic E-state index is 8.47. The van der Waals surface area contributed by atoms with Crippen molar-refractivity contribution in [1.29, 1.82) is 0 Å². The lowest BCUT2D eigenvalue weighted by Crippen LogP contribution is -1.95. The molecule has 106 valence electrons. The maximum Gasteiger partial charge on any atom is 0.271 e. The van der Waals surface area contributed by atoms with Gasteiger partial charge in [0.25, 0.3) is 12.3 Å². The Hall–Kier alpha value is -1.73. The summed E-state index contributed by atoms with van der Waals surface area (Å²) in [5, 5.41) is 8.47. The van der Waals surface area contributed by atoms with E-state index in [0.29, 0.717) is 29.4 Å². The highest BCUT2D eigenvalue weighted by Crippen LogP contribution is 2.24. The number of hydrogen-bond donors (Lipinski definition) is 1. The van der Waals surface area contributed by atoms with Gasteiger partial charge in [0.15, 0.2) is 5.75 Å². The van der Waals surface area contributed by atoms with Gasteiger partial charge >= 0.3 is 0 Å². The number of aryl methyl sites for hydroxylation is 1. The molecule has 1 N–H and O–H groups in total. The Balaban J connectivity index is 1.79. The fourth-order valence-electron chi connectivity index (χ4n) is 1.47. The van der Waals surface area contributed by atoms with E-state index in [9.17, 15) is 0 Å². The van der Waals surface area contributed by atoms with Gasteiger partial charge in [-0.25, -0.2) is 4.89 Å². The van der Waals surface area contributed by atoms with Crippen molar-refractivity contribution in [2.75, 3.05) is 0 Å². The zero-order valence-corrected chi connectivity index (χ0v) is 11.6. The summed E-state index contributed by atoms with van der Waals surface area (Å²) in [6, 6.07) is 14.5. The van der Waals surface area contributed by atoms with Crippen LogP contribution in [0, 0.1) is 6.92 Å². The molecule has 0 aliphatic rings. The van der Waals surface area contributed by atoms with Crippen LogP contribution >= 0.6 is 12.3 Å².